The fourth-order valence-electron chi connectivity index (χ4n) is 3.35. The van der Waals surface area contributed by atoms with Crippen molar-refractivity contribution >= 4 is 17.3 Å². The van der Waals surface area contributed by atoms with Crippen LogP contribution in [-0.4, -0.2) is 57.2 Å². The molecule has 0 spiro atoms. The Bertz CT molecular complexity index is 805. The van der Waals surface area contributed by atoms with Crippen molar-refractivity contribution < 1.29 is 18.7 Å². The van der Waals surface area contributed by atoms with E-state index in [2.05, 4.69) is 15.1 Å². The predicted molar refractivity (Wildman–Crippen MR) is 108 cm³/mol. The molecule has 0 unspecified atom stereocenters. The lowest BCUT2D eigenvalue weighted by atomic mass is 10.2. The van der Waals surface area contributed by atoms with Crippen LogP contribution in [0.4, 0.5) is 15.8 Å². The Morgan fingerprint density at radius 2 is 1.64 bits per heavy atom. The van der Waals surface area contributed by atoms with Gasteiger partial charge >= 0.3 is 0 Å². The van der Waals surface area contributed by atoms with E-state index in [0.29, 0.717) is 17.2 Å². The van der Waals surface area contributed by atoms with Gasteiger partial charge in [0.15, 0.2) is 11.5 Å². The summed E-state index contributed by atoms with van der Waals surface area (Å²) < 4.78 is 23.6. The van der Waals surface area contributed by atoms with Gasteiger partial charge in [0.1, 0.15) is 5.82 Å². The first kappa shape index (κ1) is 19.9. The number of benzene rings is 2. The maximum absolute atomic E-state index is 13.1. The summed E-state index contributed by atoms with van der Waals surface area (Å²) in [7, 11) is 3.14. The highest BCUT2D eigenvalue weighted by atomic mass is 19.1. The van der Waals surface area contributed by atoms with Crippen LogP contribution in [0.3, 0.4) is 0 Å². The van der Waals surface area contributed by atoms with Crippen LogP contribution in [0.5, 0.6) is 11.5 Å². The van der Waals surface area contributed by atoms with Crippen LogP contribution in [0.2, 0.25) is 0 Å². The molecule has 0 saturated carbocycles. The number of ether oxygens (including phenoxy) is 2. The minimum atomic E-state index is -0.261. The summed E-state index contributed by atoms with van der Waals surface area (Å²) in [6, 6.07) is 11.6. The summed E-state index contributed by atoms with van der Waals surface area (Å²) in [6.07, 6.45) is 0. The van der Waals surface area contributed by atoms with Crippen molar-refractivity contribution in [1.82, 2.24) is 4.90 Å². The number of nitrogens with zero attached hydrogens (tertiary/aromatic N) is 2. The standard InChI is InChI=1S/C21H26FN3O3/c1-15(21(26)23-17-6-9-19(27-2)20(14-17)28-3)24-10-12-25(13-11-24)18-7-4-16(22)5-8-18/h4-9,14-15H,10-13H2,1-3H3,(H,23,26)/t15-/m0/s1. The second-order valence-electron chi connectivity index (χ2n) is 6.73. The van der Waals surface area contributed by atoms with Crippen molar-refractivity contribution in [3.63, 3.8) is 0 Å². The van der Waals surface area contributed by atoms with E-state index in [9.17, 15) is 9.18 Å². The Hall–Kier alpha value is -2.80. The van der Waals surface area contributed by atoms with Gasteiger partial charge in [0.05, 0.1) is 20.3 Å². The van der Waals surface area contributed by atoms with Crippen molar-refractivity contribution in [1.29, 1.82) is 0 Å². The molecule has 6 nitrogen and oxygen atoms in total. The SMILES string of the molecule is COc1ccc(NC(=O)[C@H](C)N2CCN(c3ccc(F)cc3)CC2)cc1OC. The van der Waals surface area contributed by atoms with Crippen LogP contribution in [0.15, 0.2) is 42.5 Å². The predicted octanol–water partition coefficient (Wildman–Crippen LogP) is 2.99. The molecule has 0 aliphatic carbocycles. The van der Waals surface area contributed by atoms with E-state index in [1.54, 1.807) is 44.6 Å². The van der Waals surface area contributed by atoms with E-state index in [-0.39, 0.29) is 17.8 Å². The molecule has 150 valence electrons. The lowest BCUT2D eigenvalue weighted by Crippen LogP contribution is -2.52. The lowest BCUT2D eigenvalue weighted by Gasteiger charge is -2.38. The highest BCUT2D eigenvalue weighted by Gasteiger charge is 2.26. The molecule has 2 aromatic rings. The maximum atomic E-state index is 13.1. The van der Waals surface area contributed by atoms with Crippen molar-refractivity contribution in [2.75, 3.05) is 50.6 Å². The molecular formula is C21H26FN3O3. The summed E-state index contributed by atoms with van der Waals surface area (Å²) in [5, 5.41) is 2.94. The van der Waals surface area contributed by atoms with Gasteiger partial charge in [-0.3, -0.25) is 9.69 Å². The third-order valence-electron chi connectivity index (χ3n) is 5.08. The molecule has 1 aliphatic heterocycles. The second-order valence-corrected chi connectivity index (χ2v) is 6.73. The molecule has 1 fully saturated rings. The molecule has 0 radical (unpaired) electrons. The van der Waals surface area contributed by atoms with Crippen LogP contribution in [0.25, 0.3) is 0 Å². The number of hydrogen-bond acceptors (Lipinski definition) is 5. The summed E-state index contributed by atoms with van der Waals surface area (Å²) in [5.74, 6) is 0.886. The number of hydrogen-bond donors (Lipinski definition) is 1. The largest absolute Gasteiger partial charge is 0.493 e. The van der Waals surface area contributed by atoms with Crippen LogP contribution in [-0.2, 0) is 4.79 Å². The molecule has 2 aromatic carbocycles. The number of methoxy groups -OCH3 is 2. The van der Waals surface area contributed by atoms with E-state index < -0.39 is 0 Å². The Balaban J connectivity index is 1.56. The molecule has 0 bridgehead atoms. The topological polar surface area (TPSA) is 54.0 Å². The molecule has 1 heterocycles. The van der Waals surface area contributed by atoms with Crippen LogP contribution >= 0.6 is 0 Å². The van der Waals surface area contributed by atoms with Gasteiger partial charge in [-0.05, 0) is 43.3 Å². The van der Waals surface area contributed by atoms with Crippen LogP contribution in [0, 0.1) is 5.82 Å². The zero-order valence-electron chi connectivity index (χ0n) is 16.4. The van der Waals surface area contributed by atoms with E-state index in [1.165, 1.54) is 12.1 Å². The van der Waals surface area contributed by atoms with Gasteiger partial charge in [-0.1, -0.05) is 0 Å². The van der Waals surface area contributed by atoms with Crippen molar-refractivity contribution in [2.24, 2.45) is 0 Å². The number of halogens is 1. The highest BCUT2D eigenvalue weighted by molar-refractivity contribution is 5.94. The Kier molecular flexibility index (Phi) is 6.36. The quantitative estimate of drug-likeness (QED) is 0.826. The number of carbonyl (C=O) groups excluding carboxylic acids is 1. The lowest BCUT2D eigenvalue weighted by molar-refractivity contribution is -0.120. The van der Waals surface area contributed by atoms with E-state index >= 15 is 0 Å². The monoisotopic (exact) mass is 387 g/mol. The van der Waals surface area contributed by atoms with Crippen LogP contribution in [0.1, 0.15) is 6.92 Å². The molecule has 28 heavy (non-hydrogen) atoms. The van der Waals surface area contributed by atoms with E-state index in [1.807, 2.05) is 6.92 Å². The molecule has 1 N–H and O–H groups in total. The molecule has 7 heteroatoms. The van der Waals surface area contributed by atoms with Crippen molar-refractivity contribution in [3.05, 3.63) is 48.3 Å². The first-order valence-electron chi connectivity index (χ1n) is 9.29. The summed E-state index contributed by atoms with van der Waals surface area (Å²) in [5.41, 5.74) is 1.67. The number of anilines is 2. The van der Waals surface area contributed by atoms with Crippen molar-refractivity contribution in [2.45, 2.75) is 13.0 Å². The average molecular weight is 387 g/mol. The smallest absolute Gasteiger partial charge is 0.241 e. The maximum Gasteiger partial charge on any atom is 0.241 e. The fourth-order valence-corrected chi connectivity index (χ4v) is 3.35. The Morgan fingerprint density at radius 1 is 1.00 bits per heavy atom. The zero-order chi connectivity index (χ0) is 20.1. The normalized spacial score (nSPS) is 15.8. The van der Waals surface area contributed by atoms with Gasteiger partial charge in [0.25, 0.3) is 0 Å². The number of amides is 1. The van der Waals surface area contributed by atoms with Gasteiger partial charge in [-0.15, -0.1) is 0 Å². The molecule has 0 aromatic heterocycles. The molecular weight excluding hydrogens is 361 g/mol. The van der Waals surface area contributed by atoms with E-state index in [4.69, 9.17) is 9.47 Å². The summed E-state index contributed by atoms with van der Waals surface area (Å²) in [4.78, 5) is 17.0. The molecule has 1 saturated heterocycles. The third kappa shape index (κ3) is 4.54. The Labute approximate surface area is 164 Å². The number of rotatable bonds is 6. The zero-order valence-corrected chi connectivity index (χ0v) is 16.4. The first-order chi connectivity index (χ1) is 13.5. The van der Waals surface area contributed by atoms with Crippen molar-refractivity contribution in [3.8, 4) is 11.5 Å². The van der Waals surface area contributed by atoms with E-state index in [0.717, 1.165) is 31.9 Å². The van der Waals surface area contributed by atoms with Gasteiger partial charge in [0.2, 0.25) is 5.91 Å². The second kappa shape index (κ2) is 8.93. The van der Waals surface area contributed by atoms with Gasteiger partial charge < -0.3 is 19.7 Å². The minimum absolute atomic E-state index is 0.0672. The molecule has 1 amide bonds. The molecule has 1 atom stereocenters. The third-order valence-corrected chi connectivity index (χ3v) is 5.08. The van der Waals surface area contributed by atoms with Gasteiger partial charge in [-0.2, -0.15) is 0 Å². The van der Waals surface area contributed by atoms with Gasteiger partial charge in [0, 0.05) is 43.6 Å². The summed E-state index contributed by atoms with van der Waals surface area (Å²) >= 11 is 0. The number of nitrogens with one attached hydrogen (secondary N) is 1. The Morgan fingerprint density at radius 3 is 2.25 bits per heavy atom. The minimum Gasteiger partial charge on any atom is -0.493 e. The average Bonchev–Trinajstić information content (AvgIpc) is 2.73. The number of carbonyl (C=O) groups is 1. The van der Waals surface area contributed by atoms with Gasteiger partial charge in [-0.25, -0.2) is 4.39 Å². The number of piperazine rings is 1. The van der Waals surface area contributed by atoms with Crippen LogP contribution < -0.4 is 19.7 Å². The summed E-state index contributed by atoms with van der Waals surface area (Å²) in [6.45, 7) is 5.01. The molecule has 1 aliphatic rings. The molecule has 3 rings (SSSR count). The first-order valence-corrected chi connectivity index (χ1v) is 9.29. The fraction of sp³-hybridized carbons (Fsp3) is 0.381. The highest BCUT2D eigenvalue weighted by Crippen LogP contribution is 2.30.